The van der Waals surface area contributed by atoms with Crippen molar-refractivity contribution in [3.8, 4) is 0 Å². The first-order chi connectivity index (χ1) is 10.0. The van der Waals surface area contributed by atoms with Gasteiger partial charge in [-0.3, -0.25) is 15.4 Å². The van der Waals surface area contributed by atoms with Crippen LogP contribution < -0.4 is 5.32 Å². The van der Waals surface area contributed by atoms with Gasteiger partial charge in [0.25, 0.3) is 5.69 Å². The molecule has 0 fully saturated rings. The summed E-state index contributed by atoms with van der Waals surface area (Å²) in [4.78, 5) is 33.7. The number of carbonyl (C=O) groups excluding carboxylic acids is 2. The van der Waals surface area contributed by atoms with Crippen LogP contribution in [0.2, 0.25) is 0 Å². The van der Waals surface area contributed by atoms with Crippen LogP contribution in [-0.4, -0.2) is 29.7 Å². The summed E-state index contributed by atoms with van der Waals surface area (Å²) in [7, 11) is 1.17. The second-order valence-electron chi connectivity index (χ2n) is 5.23. The SMILES string of the molecule is COC(=O)c1cc(I)c(NC(=O)OC(C)(C)C)c([N+](=O)[O-])c1. The van der Waals surface area contributed by atoms with Gasteiger partial charge < -0.3 is 9.47 Å². The molecule has 0 unspecified atom stereocenters. The van der Waals surface area contributed by atoms with Crippen molar-refractivity contribution in [3.63, 3.8) is 0 Å². The number of rotatable bonds is 3. The van der Waals surface area contributed by atoms with Gasteiger partial charge in [-0.25, -0.2) is 9.59 Å². The number of amides is 1. The van der Waals surface area contributed by atoms with Crippen LogP contribution in [0, 0.1) is 13.7 Å². The van der Waals surface area contributed by atoms with E-state index in [9.17, 15) is 19.7 Å². The third-order valence-corrected chi connectivity index (χ3v) is 3.16. The highest BCUT2D eigenvalue weighted by Crippen LogP contribution is 2.32. The number of esters is 1. The van der Waals surface area contributed by atoms with Crippen molar-refractivity contribution in [2.24, 2.45) is 0 Å². The molecule has 0 spiro atoms. The second-order valence-corrected chi connectivity index (χ2v) is 6.39. The number of hydrogen-bond acceptors (Lipinski definition) is 6. The molecule has 8 nitrogen and oxygen atoms in total. The molecule has 9 heteroatoms. The van der Waals surface area contributed by atoms with Crippen LogP contribution in [0.3, 0.4) is 0 Å². The molecule has 0 saturated heterocycles. The number of carbonyl (C=O) groups is 2. The van der Waals surface area contributed by atoms with Gasteiger partial charge in [-0.05, 0) is 49.4 Å². The zero-order valence-corrected chi connectivity index (χ0v) is 14.6. The average Bonchev–Trinajstić information content (AvgIpc) is 2.37. The number of nitro groups is 1. The van der Waals surface area contributed by atoms with E-state index >= 15 is 0 Å². The highest BCUT2D eigenvalue weighted by Gasteiger charge is 2.25. The molecular formula is C13H15IN2O6. The quantitative estimate of drug-likeness (QED) is 0.347. The van der Waals surface area contributed by atoms with Crippen molar-refractivity contribution >= 4 is 46.0 Å². The Morgan fingerprint density at radius 3 is 2.36 bits per heavy atom. The lowest BCUT2D eigenvalue weighted by molar-refractivity contribution is -0.384. The minimum absolute atomic E-state index is 0.0216. The lowest BCUT2D eigenvalue weighted by atomic mass is 10.1. The third kappa shape index (κ3) is 4.83. The van der Waals surface area contributed by atoms with Crippen molar-refractivity contribution in [2.45, 2.75) is 26.4 Å². The van der Waals surface area contributed by atoms with Crippen LogP contribution >= 0.6 is 22.6 Å². The van der Waals surface area contributed by atoms with Gasteiger partial charge in [-0.2, -0.15) is 0 Å². The fourth-order valence-electron chi connectivity index (χ4n) is 1.50. The predicted molar refractivity (Wildman–Crippen MR) is 87.0 cm³/mol. The number of nitrogens with one attached hydrogen (secondary N) is 1. The maximum atomic E-state index is 11.8. The first kappa shape index (κ1) is 18.1. The van der Waals surface area contributed by atoms with Crippen LogP contribution in [0.4, 0.5) is 16.2 Å². The van der Waals surface area contributed by atoms with E-state index in [0.717, 1.165) is 6.07 Å². The Kier molecular flexibility index (Phi) is 5.69. The number of hydrogen-bond donors (Lipinski definition) is 1. The fraction of sp³-hybridized carbons (Fsp3) is 0.385. The van der Waals surface area contributed by atoms with Gasteiger partial charge in [-0.1, -0.05) is 0 Å². The molecule has 0 saturated carbocycles. The van der Waals surface area contributed by atoms with Gasteiger partial charge in [0.05, 0.1) is 17.6 Å². The summed E-state index contributed by atoms with van der Waals surface area (Å²) in [5, 5.41) is 13.5. The van der Waals surface area contributed by atoms with E-state index in [1.54, 1.807) is 43.4 Å². The summed E-state index contributed by atoms with van der Waals surface area (Å²) >= 11 is 1.78. The van der Waals surface area contributed by atoms with E-state index in [1.165, 1.54) is 13.2 Å². The van der Waals surface area contributed by atoms with Gasteiger partial charge in [0.15, 0.2) is 0 Å². The second kappa shape index (κ2) is 6.90. The Morgan fingerprint density at radius 1 is 1.32 bits per heavy atom. The van der Waals surface area contributed by atoms with E-state index in [-0.39, 0.29) is 11.3 Å². The van der Waals surface area contributed by atoms with Gasteiger partial charge in [0.2, 0.25) is 0 Å². The van der Waals surface area contributed by atoms with E-state index in [0.29, 0.717) is 3.57 Å². The zero-order chi connectivity index (χ0) is 17.1. The van der Waals surface area contributed by atoms with Crippen LogP contribution in [-0.2, 0) is 9.47 Å². The summed E-state index contributed by atoms with van der Waals surface area (Å²) < 4.78 is 9.92. The number of benzene rings is 1. The van der Waals surface area contributed by atoms with Crippen molar-refractivity contribution in [1.29, 1.82) is 0 Å². The monoisotopic (exact) mass is 422 g/mol. The molecule has 0 aliphatic heterocycles. The van der Waals surface area contributed by atoms with Crippen LogP contribution in [0.15, 0.2) is 12.1 Å². The summed E-state index contributed by atoms with van der Waals surface area (Å²) in [6, 6.07) is 2.42. The number of methoxy groups -OCH3 is 1. The summed E-state index contributed by atoms with van der Waals surface area (Å²) in [6.45, 7) is 5.02. The highest BCUT2D eigenvalue weighted by molar-refractivity contribution is 14.1. The van der Waals surface area contributed by atoms with Crippen molar-refractivity contribution < 1.29 is 24.0 Å². The topological polar surface area (TPSA) is 108 Å². The Hall–Kier alpha value is -1.91. The van der Waals surface area contributed by atoms with Crippen LogP contribution in [0.25, 0.3) is 0 Å². The van der Waals surface area contributed by atoms with Gasteiger partial charge in [0.1, 0.15) is 11.3 Å². The number of nitrogens with zero attached hydrogens (tertiary/aromatic N) is 1. The Morgan fingerprint density at radius 2 is 1.91 bits per heavy atom. The van der Waals surface area contributed by atoms with E-state index < -0.39 is 28.3 Å². The number of halogens is 1. The van der Waals surface area contributed by atoms with Crippen molar-refractivity contribution in [1.82, 2.24) is 0 Å². The Balaban J connectivity index is 3.22. The van der Waals surface area contributed by atoms with Crippen molar-refractivity contribution in [2.75, 3.05) is 12.4 Å². The largest absolute Gasteiger partial charge is 0.465 e. The molecule has 22 heavy (non-hydrogen) atoms. The number of ether oxygens (including phenoxy) is 2. The molecule has 0 aliphatic carbocycles. The Bertz CT molecular complexity index is 624. The average molecular weight is 422 g/mol. The molecule has 1 N–H and O–H groups in total. The molecule has 0 aliphatic rings. The number of nitro benzene ring substituents is 1. The fourth-order valence-corrected chi connectivity index (χ4v) is 2.25. The van der Waals surface area contributed by atoms with Crippen LogP contribution in [0.5, 0.6) is 0 Å². The molecule has 0 bridgehead atoms. The van der Waals surface area contributed by atoms with Crippen molar-refractivity contribution in [3.05, 3.63) is 31.4 Å². The first-order valence-corrected chi connectivity index (χ1v) is 7.19. The molecular weight excluding hydrogens is 407 g/mol. The van der Waals surface area contributed by atoms with E-state index in [1.807, 2.05) is 0 Å². The lowest BCUT2D eigenvalue weighted by Gasteiger charge is -2.20. The molecule has 120 valence electrons. The number of anilines is 1. The molecule has 1 amide bonds. The lowest BCUT2D eigenvalue weighted by Crippen LogP contribution is -2.27. The normalized spacial score (nSPS) is 10.8. The molecule has 0 radical (unpaired) electrons. The first-order valence-electron chi connectivity index (χ1n) is 6.11. The minimum Gasteiger partial charge on any atom is -0.465 e. The molecule has 1 rings (SSSR count). The predicted octanol–water partition coefficient (Wildman–Crippen LogP) is 3.33. The smallest absolute Gasteiger partial charge is 0.412 e. The summed E-state index contributed by atoms with van der Waals surface area (Å²) in [6.07, 6.45) is -0.820. The molecule has 1 aromatic rings. The Labute approximate surface area is 140 Å². The standard InChI is InChI=1S/C13H15IN2O6/c1-13(2,3)22-12(18)15-10-8(14)5-7(11(17)21-4)6-9(10)16(19)20/h5-6H,1-4H3,(H,15,18). The molecule has 1 aromatic carbocycles. The minimum atomic E-state index is -0.820. The molecule has 0 aromatic heterocycles. The van der Waals surface area contributed by atoms with E-state index in [4.69, 9.17) is 4.74 Å². The van der Waals surface area contributed by atoms with E-state index in [2.05, 4.69) is 10.1 Å². The van der Waals surface area contributed by atoms with Gasteiger partial charge in [-0.15, -0.1) is 0 Å². The maximum Gasteiger partial charge on any atom is 0.412 e. The maximum absolute atomic E-state index is 11.8. The van der Waals surface area contributed by atoms with Crippen LogP contribution in [0.1, 0.15) is 31.1 Å². The van der Waals surface area contributed by atoms with Gasteiger partial charge >= 0.3 is 12.1 Å². The highest BCUT2D eigenvalue weighted by atomic mass is 127. The summed E-state index contributed by atoms with van der Waals surface area (Å²) in [5.41, 5.74) is -1.17. The third-order valence-electron chi connectivity index (χ3n) is 2.31. The summed E-state index contributed by atoms with van der Waals surface area (Å²) in [5.74, 6) is -0.704. The zero-order valence-electron chi connectivity index (χ0n) is 12.4. The molecule has 0 atom stereocenters. The van der Waals surface area contributed by atoms with Gasteiger partial charge in [0, 0.05) is 9.64 Å². The molecule has 0 heterocycles.